The van der Waals surface area contributed by atoms with Gasteiger partial charge in [-0.3, -0.25) is 14.4 Å². The number of ether oxygens (including phenoxy) is 2. The number of hydrogen-bond donors (Lipinski definition) is 3. The first-order chi connectivity index (χ1) is 30.5. The van der Waals surface area contributed by atoms with Crippen LogP contribution in [0.2, 0.25) is 0 Å². The molecule has 0 heterocycles. The predicted molar refractivity (Wildman–Crippen MR) is 253 cm³/mol. The van der Waals surface area contributed by atoms with E-state index >= 15 is 0 Å². The molecule has 0 saturated heterocycles. The molecule has 6 rings (SSSR count). The zero-order valence-electron chi connectivity index (χ0n) is 35.6. The summed E-state index contributed by atoms with van der Waals surface area (Å²) in [4.78, 5) is 55.4. The molecule has 0 aliphatic heterocycles. The third-order valence-corrected chi connectivity index (χ3v) is 13.0. The summed E-state index contributed by atoms with van der Waals surface area (Å²) in [5.41, 5.74) is 4.98. The highest BCUT2D eigenvalue weighted by atomic mass is 32.2. The Morgan fingerprint density at radius 1 is 0.540 bits per heavy atom. The molecule has 0 aromatic heterocycles. The molecule has 11 heteroatoms. The molecular formula is C52H53N3O6S2. The average Bonchev–Trinajstić information content (AvgIpc) is 3.31. The summed E-state index contributed by atoms with van der Waals surface area (Å²) >= 11 is 2.97. The topological polar surface area (TPSA) is 123 Å². The van der Waals surface area contributed by atoms with E-state index in [4.69, 9.17) is 9.47 Å². The second-order valence-corrected chi connectivity index (χ2v) is 18.1. The Morgan fingerprint density at radius 3 is 1.43 bits per heavy atom. The number of rotatable bonds is 19. The molecule has 0 aliphatic carbocycles. The Kier molecular flexibility index (Phi) is 16.6. The van der Waals surface area contributed by atoms with Crippen LogP contribution in [-0.4, -0.2) is 59.6 Å². The van der Waals surface area contributed by atoms with Crippen LogP contribution in [0.4, 0.5) is 4.79 Å². The fourth-order valence-corrected chi connectivity index (χ4v) is 9.89. The number of alkyl carbamates (subject to hydrolysis) is 1. The maximum Gasteiger partial charge on any atom is 0.408 e. The normalized spacial score (nSPS) is 12.4. The van der Waals surface area contributed by atoms with Crippen molar-refractivity contribution in [2.45, 2.75) is 55.1 Å². The van der Waals surface area contributed by atoms with Crippen LogP contribution in [-0.2, 0) is 35.2 Å². The predicted octanol–water partition coefficient (Wildman–Crippen LogP) is 9.47. The number of amides is 3. The molecular weight excluding hydrogens is 827 g/mol. The van der Waals surface area contributed by atoms with Crippen molar-refractivity contribution >= 4 is 47.4 Å². The van der Waals surface area contributed by atoms with Gasteiger partial charge < -0.3 is 25.4 Å². The second kappa shape index (κ2) is 22.7. The Balaban J connectivity index is 1.33. The molecule has 3 N–H and O–H groups in total. The van der Waals surface area contributed by atoms with E-state index in [-0.39, 0.29) is 23.4 Å². The fourth-order valence-electron chi connectivity index (χ4n) is 7.02. The van der Waals surface area contributed by atoms with Gasteiger partial charge in [-0.05, 0) is 54.2 Å². The molecule has 9 nitrogen and oxygen atoms in total. The van der Waals surface area contributed by atoms with Crippen LogP contribution in [0.25, 0.3) is 0 Å². The van der Waals surface area contributed by atoms with Gasteiger partial charge in [0.15, 0.2) is 0 Å². The second-order valence-electron chi connectivity index (χ2n) is 15.7. The lowest BCUT2D eigenvalue weighted by Crippen LogP contribution is -2.56. The molecule has 0 radical (unpaired) electrons. The molecule has 0 spiro atoms. The minimum atomic E-state index is -1.18. The zero-order chi connectivity index (χ0) is 44.5. The molecule has 324 valence electrons. The Morgan fingerprint density at radius 2 is 0.968 bits per heavy atom. The molecule has 3 amide bonds. The van der Waals surface area contributed by atoms with Crippen molar-refractivity contribution in [1.82, 2.24) is 16.0 Å². The van der Waals surface area contributed by atoms with Crippen molar-refractivity contribution < 1.29 is 28.7 Å². The van der Waals surface area contributed by atoms with Gasteiger partial charge in [-0.2, -0.15) is 0 Å². The van der Waals surface area contributed by atoms with Gasteiger partial charge in [0.05, 0.1) is 10.00 Å². The number of carbonyl (C=O) groups excluding carboxylic acids is 4. The van der Waals surface area contributed by atoms with E-state index < -0.39 is 52.9 Å². The van der Waals surface area contributed by atoms with Crippen molar-refractivity contribution in [2.75, 3.05) is 18.1 Å². The third-order valence-electron chi connectivity index (χ3n) is 9.92. The lowest BCUT2D eigenvalue weighted by molar-refractivity contribution is -0.154. The number of hydrogen-bond acceptors (Lipinski definition) is 8. The summed E-state index contributed by atoms with van der Waals surface area (Å²) in [6.07, 6.45) is -0.794. The lowest BCUT2D eigenvalue weighted by Gasteiger charge is -2.36. The number of nitrogens with one attached hydrogen (secondary N) is 3. The number of thioether (sulfide) groups is 2. The van der Waals surface area contributed by atoms with E-state index in [0.717, 1.165) is 33.4 Å². The van der Waals surface area contributed by atoms with E-state index in [2.05, 4.69) is 52.3 Å². The summed E-state index contributed by atoms with van der Waals surface area (Å²) in [6.45, 7) is 4.83. The third kappa shape index (κ3) is 13.3. The van der Waals surface area contributed by atoms with Crippen LogP contribution in [0.1, 0.15) is 59.4 Å². The summed E-state index contributed by atoms with van der Waals surface area (Å²) in [5.74, 6) is -1.60. The Hall–Kier alpha value is -6.30. The van der Waals surface area contributed by atoms with Crippen molar-refractivity contribution in [3.8, 4) is 0 Å². The first-order valence-corrected chi connectivity index (χ1v) is 22.8. The lowest BCUT2D eigenvalue weighted by atomic mass is 9.84. The zero-order valence-corrected chi connectivity index (χ0v) is 37.3. The fraction of sp³-hybridized carbons (Fsp3) is 0.231. The maximum atomic E-state index is 14.8. The van der Waals surface area contributed by atoms with E-state index in [1.165, 1.54) is 23.5 Å². The Labute approximate surface area is 378 Å². The molecule has 0 unspecified atom stereocenters. The van der Waals surface area contributed by atoms with Gasteiger partial charge in [-0.1, -0.05) is 182 Å². The largest absolute Gasteiger partial charge is 0.459 e. The minimum Gasteiger partial charge on any atom is -0.459 e. The molecule has 0 aliphatic rings. The van der Waals surface area contributed by atoms with Gasteiger partial charge >= 0.3 is 12.1 Å². The van der Waals surface area contributed by atoms with Gasteiger partial charge in [0.1, 0.15) is 30.8 Å². The van der Waals surface area contributed by atoms with E-state index in [1.807, 2.05) is 146 Å². The van der Waals surface area contributed by atoms with E-state index in [9.17, 15) is 19.2 Å². The first-order valence-electron chi connectivity index (χ1n) is 20.8. The number of benzene rings is 6. The minimum absolute atomic E-state index is 0.0111. The van der Waals surface area contributed by atoms with Crippen molar-refractivity contribution in [1.29, 1.82) is 0 Å². The van der Waals surface area contributed by atoms with E-state index in [0.29, 0.717) is 0 Å². The number of carbonyl (C=O) groups is 4. The average molecular weight is 880 g/mol. The number of esters is 1. The van der Waals surface area contributed by atoms with Crippen LogP contribution in [0.3, 0.4) is 0 Å². The van der Waals surface area contributed by atoms with E-state index in [1.54, 1.807) is 20.8 Å². The van der Waals surface area contributed by atoms with Gasteiger partial charge in [0.2, 0.25) is 11.8 Å². The molecule has 0 saturated carbocycles. The SMILES string of the molecule is CC(C)(C)OC(=O)CNC(=O)[C@H](CSC(c1ccccc1)c1ccccc1)NC(=O)[C@@H](CSC(c1ccccc1)(c1ccccc1)c1ccccc1)NC(=O)OCc1ccccc1. The van der Waals surface area contributed by atoms with Crippen LogP contribution in [0.15, 0.2) is 182 Å². The maximum absolute atomic E-state index is 14.8. The molecule has 0 fully saturated rings. The summed E-state index contributed by atoms with van der Waals surface area (Å²) in [5, 5.41) is 8.32. The Bertz CT molecular complexity index is 2220. The highest BCUT2D eigenvalue weighted by Crippen LogP contribution is 2.48. The smallest absolute Gasteiger partial charge is 0.408 e. The summed E-state index contributed by atoms with van der Waals surface area (Å²) < 4.78 is 10.3. The first kappa shape index (κ1) is 46.2. The van der Waals surface area contributed by atoms with Crippen molar-refractivity contribution in [3.05, 3.63) is 215 Å². The standard InChI is InChI=1S/C52H53N3O6S2/c1-51(2,3)61-46(56)34-53-48(57)44(36-62-47(39-24-12-5-13-25-39)40-26-14-6-15-27-40)54-49(58)45(55-50(59)60-35-38-22-10-4-11-23-38)37-63-52(41-28-16-7-17-29-41,42-30-18-8-19-31-42)43-32-20-9-21-33-43/h4-33,44-45,47H,34-37H2,1-3H3,(H,53,57)(H,54,58)(H,55,59)/t44-,45+/m0/s1. The monoisotopic (exact) mass is 879 g/mol. The van der Waals surface area contributed by atoms with Gasteiger partial charge in [-0.25, -0.2) is 4.79 Å². The van der Waals surface area contributed by atoms with Gasteiger partial charge in [-0.15, -0.1) is 23.5 Å². The van der Waals surface area contributed by atoms with Crippen molar-refractivity contribution in [2.24, 2.45) is 0 Å². The van der Waals surface area contributed by atoms with Gasteiger partial charge in [0, 0.05) is 11.5 Å². The molecule has 6 aromatic rings. The summed E-state index contributed by atoms with van der Waals surface area (Å²) in [6, 6.07) is 56.9. The molecule has 63 heavy (non-hydrogen) atoms. The van der Waals surface area contributed by atoms with Crippen LogP contribution >= 0.6 is 23.5 Å². The van der Waals surface area contributed by atoms with Crippen LogP contribution < -0.4 is 16.0 Å². The summed E-state index contributed by atoms with van der Waals surface area (Å²) in [7, 11) is 0. The van der Waals surface area contributed by atoms with Crippen molar-refractivity contribution in [3.63, 3.8) is 0 Å². The molecule has 6 aromatic carbocycles. The molecule has 2 atom stereocenters. The quantitative estimate of drug-likeness (QED) is 0.0544. The molecule has 0 bridgehead atoms. The van der Waals surface area contributed by atoms with Gasteiger partial charge in [0.25, 0.3) is 0 Å². The van der Waals surface area contributed by atoms with Crippen LogP contribution in [0.5, 0.6) is 0 Å². The van der Waals surface area contributed by atoms with Crippen LogP contribution in [0, 0.1) is 0 Å². The highest BCUT2D eigenvalue weighted by Gasteiger charge is 2.39. The highest BCUT2D eigenvalue weighted by molar-refractivity contribution is 8.00.